The number of anilines is 2. The molecule has 1 aliphatic heterocycles. The van der Waals surface area contributed by atoms with E-state index in [-0.39, 0.29) is 5.91 Å². The Morgan fingerprint density at radius 3 is 2.77 bits per heavy atom. The smallest absolute Gasteiger partial charge is 0.279 e. The molecule has 1 saturated heterocycles. The van der Waals surface area contributed by atoms with Gasteiger partial charge in [-0.1, -0.05) is 23.7 Å². The summed E-state index contributed by atoms with van der Waals surface area (Å²) in [4.78, 5) is 15.9. The van der Waals surface area contributed by atoms with Crippen LogP contribution in [0.2, 0.25) is 5.02 Å². The molecule has 2 aromatic carbocycles. The maximum atomic E-state index is 12.3. The van der Waals surface area contributed by atoms with E-state index in [2.05, 4.69) is 23.2 Å². The summed E-state index contributed by atoms with van der Waals surface area (Å²) in [7, 11) is 0. The van der Waals surface area contributed by atoms with Crippen molar-refractivity contribution in [2.75, 3.05) is 42.9 Å². The standard InChI is InChI=1S/C20H21ClN4O/c1-15-5-6-17(21)12-19(15)25-9-7-24(8-10-25)14-20(26)23-18-4-2-3-16(11-18)13-22/h2-6,11-12H,7-10,14H2,1H3,(H,23,26)/p+1. The van der Waals surface area contributed by atoms with Gasteiger partial charge in [-0.15, -0.1) is 0 Å². The second kappa shape index (κ2) is 8.22. The summed E-state index contributed by atoms with van der Waals surface area (Å²) in [6.07, 6.45) is 0. The van der Waals surface area contributed by atoms with Crippen LogP contribution in [0.4, 0.5) is 11.4 Å². The van der Waals surface area contributed by atoms with Crippen LogP contribution >= 0.6 is 11.6 Å². The van der Waals surface area contributed by atoms with Crippen LogP contribution in [0, 0.1) is 18.3 Å². The van der Waals surface area contributed by atoms with Crippen LogP contribution in [-0.4, -0.2) is 38.6 Å². The summed E-state index contributed by atoms with van der Waals surface area (Å²) in [5, 5.41) is 12.6. The number of carbonyl (C=O) groups excluding carboxylic acids is 1. The number of piperazine rings is 1. The van der Waals surface area contributed by atoms with E-state index in [1.54, 1.807) is 24.3 Å². The minimum atomic E-state index is -0.0255. The second-order valence-electron chi connectivity index (χ2n) is 6.59. The normalized spacial score (nSPS) is 14.7. The summed E-state index contributed by atoms with van der Waals surface area (Å²) in [5.41, 5.74) is 3.60. The first-order valence-electron chi connectivity index (χ1n) is 8.70. The first kappa shape index (κ1) is 18.2. The zero-order chi connectivity index (χ0) is 18.5. The van der Waals surface area contributed by atoms with Gasteiger partial charge in [0.2, 0.25) is 0 Å². The van der Waals surface area contributed by atoms with Crippen LogP contribution in [0.3, 0.4) is 0 Å². The molecule has 0 aromatic heterocycles. The van der Waals surface area contributed by atoms with Crippen LogP contribution in [0.15, 0.2) is 42.5 Å². The van der Waals surface area contributed by atoms with Crippen LogP contribution < -0.4 is 15.1 Å². The second-order valence-corrected chi connectivity index (χ2v) is 7.02. The average molecular weight is 370 g/mol. The Bertz CT molecular complexity index is 838. The van der Waals surface area contributed by atoms with E-state index in [0.717, 1.165) is 31.2 Å². The third kappa shape index (κ3) is 4.54. The van der Waals surface area contributed by atoms with Gasteiger partial charge in [-0.2, -0.15) is 5.26 Å². The Morgan fingerprint density at radius 2 is 2.04 bits per heavy atom. The van der Waals surface area contributed by atoms with Gasteiger partial charge in [-0.3, -0.25) is 4.79 Å². The minimum absolute atomic E-state index is 0.0255. The number of amides is 1. The van der Waals surface area contributed by atoms with Crippen molar-refractivity contribution in [1.82, 2.24) is 0 Å². The minimum Gasteiger partial charge on any atom is -0.360 e. The van der Waals surface area contributed by atoms with Crippen molar-refractivity contribution >= 4 is 28.9 Å². The Kier molecular flexibility index (Phi) is 5.77. The van der Waals surface area contributed by atoms with Crippen LogP contribution in [-0.2, 0) is 4.79 Å². The van der Waals surface area contributed by atoms with Crippen molar-refractivity contribution in [2.45, 2.75) is 6.92 Å². The van der Waals surface area contributed by atoms with Gasteiger partial charge < -0.3 is 15.1 Å². The maximum absolute atomic E-state index is 12.3. The Balaban J connectivity index is 1.53. The van der Waals surface area contributed by atoms with E-state index in [1.807, 2.05) is 18.2 Å². The predicted octanol–water partition coefficient (Wildman–Crippen LogP) is 1.86. The quantitative estimate of drug-likeness (QED) is 0.864. The number of benzene rings is 2. The average Bonchev–Trinajstić information content (AvgIpc) is 2.64. The molecule has 0 aliphatic carbocycles. The highest BCUT2D eigenvalue weighted by atomic mass is 35.5. The van der Waals surface area contributed by atoms with Gasteiger partial charge >= 0.3 is 0 Å². The molecule has 5 nitrogen and oxygen atoms in total. The number of carbonyl (C=O) groups is 1. The van der Waals surface area contributed by atoms with Gasteiger partial charge in [0, 0.05) is 16.4 Å². The first-order valence-corrected chi connectivity index (χ1v) is 9.07. The Labute approximate surface area is 158 Å². The highest BCUT2D eigenvalue weighted by Gasteiger charge is 2.23. The fourth-order valence-electron chi connectivity index (χ4n) is 3.26. The lowest BCUT2D eigenvalue weighted by Crippen LogP contribution is -3.15. The summed E-state index contributed by atoms with van der Waals surface area (Å²) in [6, 6.07) is 15.0. The number of nitrogens with one attached hydrogen (secondary N) is 2. The van der Waals surface area contributed by atoms with Gasteiger partial charge in [0.1, 0.15) is 0 Å². The van der Waals surface area contributed by atoms with E-state index in [9.17, 15) is 4.79 Å². The van der Waals surface area contributed by atoms with Crippen LogP contribution in [0.1, 0.15) is 11.1 Å². The molecule has 1 aliphatic rings. The molecular weight excluding hydrogens is 348 g/mol. The van der Waals surface area contributed by atoms with Gasteiger partial charge in [-0.05, 0) is 42.8 Å². The Hall–Kier alpha value is -2.55. The molecule has 0 unspecified atom stereocenters. The number of nitriles is 1. The van der Waals surface area contributed by atoms with E-state index in [1.165, 1.54) is 16.2 Å². The summed E-state index contributed by atoms with van der Waals surface area (Å²) in [6.45, 7) is 6.11. The van der Waals surface area contributed by atoms with Crippen molar-refractivity contribution < 1.29 is 9.69 Å². The topological polar surface area (TPSA) is 60.6 Å². The summed E-state index contributed by atoms with van der Waals surface area (Å²) >= 11 is 6.13. The van der Waals surface area contributed by atoms with E-state index in [0.29, 0.717) is 17.8 Å². The molecule has 6 heteroatoms. The lowest BCUT2D eigenvalue weighted by atomic mass is 10.1. The molecule has 0 bridgehead atoms. The van der Waals surface area contributed by atoms with E-state index in [4.69, 9.17) is 16.9 Å². The maximum Gasteiger partial charge on any atom is 0.279 e. The number of aryl methyl sites for hydroxylation is 1. The highest BCUT2D eigenvalue weighted by Crippen LogP contribution is 2.24. The number of halogens is 1. The molecule has 1 fully saturated rings. The van der Waals surface area contributed by atoms with Crippen molar-refractivity contribution in [2.24, 2.45) is 0 Å². The summed E-state index contributed by atoms with van der Waals surface area (Å²) in [5.74, 6) is -0.0255. The molecule has 0 saturated carbocycles. The van der Waals surface area contributed by atoms with Gasteiger partial charge in [0.25, 0.3) is 5.91 Å². The molecule has 3 rings (SSSR count). The highest BCUT2D eigenvalue weighted by molar-refractivity contribution is 6.30. The Morgan fingerprint density at radius 1 is 1.27 bits per heavy atom. The molecule has 2 N–H and O–H groups in total. The lowest BCUT2D eigenvalue weighted by molar-refractivity contribution is -0.892. The molecule has 0 radical (unpaired) electrons. The van der Waals surface area contributed by atoms with Crippen molar-refractivity contribution in [3.8, 4) is 6.07 Å². The van der Waals surface area contributed by atoms with Crippen molar-refractivity contribution in [1.29, 1.82) is 5.26 Å². The predicted molar refractivity (Wildman–Crippen MR) is 104 cm³/mol. The largest absolute Gasteiger partial charge is 0.360 e. The number of nitrogens with zero attached hydrogens (tertiary/aromatic N) is 2. The molecule has 26 heavy (non-hydrogen) atoms. The fraction of sp³-hybridized carbons (Fsp3) is 0.300. The molecular formula is C20H22ClN4O+. The van der Waals surface area contributed by atoms with E-state index < -0.39 is 0 Å². The first-order chi connectivity index (χ1) is 12.5. The SMILES string of the molecule is Cc1ccc(Cl)cc1N1CC[NH+](CC(=O)Nc2cccc(C#N)c2)CC1. The molecule has 1 heterocycles. The molecule has 0 spiro atoms. The number of hydrogen-bond donors (Lipinski definition) is 2. The fourth-order valence-corrected chi connectivity index (χ4v) is 3.43. The molecule has 134 valence electrons. The third-order valence-electron chi connectivity index (χ3n) is 4.67. The number of rotatable bonds is 4. The lowest BCUT2D eigenvalue weighted by Gasteiger charge is -2.34. The van der Waals surface area contributed by atoms with Crippen molar-refractivity contribution in [3.63, 3.8) is 0 Å². The van der Waals surface area contributed by atoms with Crippen molar-refractivity contribution in [3.05, 3.63) is 58.6 Å². The van der Waals surface area contributed by atoms with Gasteiger partial charge in [-0.25, -0.2) is 0 Å². The number of quaternary nitrogens is 1. The monoisotopic (exact) mass is 369 g/mol. The summed E-state index contributed by atoms with van der Waals surface area (Å²) < 4.78 is 0. The third-order valence-corrected chi connectivity index (χ3v) is 4.90. The van der Waals surface area contributed by atoms with Crippen LogP contribution in [0.25, 0.3) is 0 Å². The van der Waals surface area contributed by atoms with Crippen LogP contribution in [0.5, 0.6) is 0 Å². The molecule has 2 aromatic rings. The zero-order valence-corrected chi connectivity index (χ0v) is 15.5. The number of hydrogen-bond acceptors (Lipinski definition) is 3. The molecule has 0 atom stereocenters. The zero-order valence-electron chi connectivity index (χ0n) is 14.8. The molecule has 1 amide bonds. The van der Waals surface area contributed by atoms with E-state index >= 15 is 0 Å². The van der Waals surface area contributed by atoms with Gasteiger partial charge in [0.05, 0.1) is 37.8 Å². The van der Waals surface area contributed by atoms with Gasteiger partial charge in [0.15, 0.2) is 6.54 Å².